The Bertz CT molecular complexity index is 868. The lowest BCUT2D eigenvalue weighted by Gasteiger charge is -2.26. The average Bonchev–Trinajstić information content (AvgIpc) is 2.63. The molecule has 0 aliphatic heterocycles. The molecule has 0 saturated carbocycles. The van der Waals surface area contributed by atoms with Crippen molar-refractivity contribution in [1.82, 2.24) is 5.32 Å². The van der Waals surface area contributed by atoms with Crippen LogP contribution in [0.15, 0.2) is 54.6 Å². The van der Waals surface area contributed by atoms with Crippen molar-refractivity contribution >= 4 is 21.6 Å². The monoisotopic (exact) mass is 402 g/mol. The first-order valence-electron chi connectivity index (χ1n) is 9.52. The maximum atomic E-state index is 12.6. The molecular weight excluding hydrogens is 372 g/mol. The van der Waals surface area contributed by atoms with Crippen molar-refractivity contribution in [3.05, 3.63) is 65.7 Å². The molecule has 28 heavy (non-hydrogen) atoms. The largest absolute Gasteiger partial charge is 0.349 e. The van der Waals surface area contributed by atoms with Gasteiger partial charge in [0.15, 0.2) is 0 Å². The number of sulfonamides is 1. The average molecular weight is 403 g/mol. The van der Waals surface area contributed by atoms with Gasteiger partial charge < -0.3 is 5.32 Å². The van der Waals surface area contributed by atoms with E-state index < -0.39 is 10.0 Å². The van der Waals surface area contributed by atoms with Gasteiger partial charge in [0.25, 0.3) is 5.91 Å². The Hall–Kier alpha value is -2.34. The molecule has 0 spiro atoms. The standard InChI is InChI=1S/C22H30N2O3S/c1-16(2)21(17(3)4)23-22(25)19-13-11-18(12-14-19)15-24(28(5,26)27)20-9-7-6-8-10-20/h6-14,16-17,21H,15H2,1-5H3,(H,23,25). The zero-order chi connectivity index (χ0) is 20.9. The molecule has 152 valence electrons. The molecule has 0 atom stereocenters. The number of rotatable bonds is 8. The summed E-state index contributed by atoms with van der Waals surface area (Å²) in [5, 5.41) is 3.10. The first kappa shape index (κ1) is 22.0. The number of hydrogen-bond donors (Lipinski definition) is 1. The highest BCUT2D eigenvalue weighted by molar-refractivity contribution is 7.92. The third-order valence-corrected chi connectivity index (χ3v) is 5.86. The molecule has 2 aromatic rings. The summed E-state index contributed by atoms with van der Waals surface area (Å²) in [5.74, 6) is 0.580. The number of carbonyl (C=O) groups excluding carboxylic acids is 1. The van der Waals surface area contributed by atoms with Gasteiger partial charge in [0, 0.05) is 11.6 Å². The van der Waals surface area contributed by atoms with Crippen LogP contribution in [0.5, 0.6) is 0 Å². The molecular formula is C22H30N2O3S. The Labute approximate surface area is 168 Å². The smallest absolute Gasteiger partial charge is 0.251 e. The van der Waals surface area contributed by atoms with Gasteiger partial charge in [-0.1, -0.05) is 58.0 Å². The van der Waals surface area contributed by atoms with Crippen molar-refractivity contribution in [3.63, 3.8) is 0 Å². The van der Waals surface area contributed by atoms with Crippen LogP contribution in [0.2, 0.25) is 0 Å². The van der Waals surface area contributed by atoms with Crippen molar-refractivity contribution in [2.45, 2.75) is 40.3 Å². The van der Waals surface area contributed by atoms with Gasteiger partial charge in [-0.15, -0.1) is 0 Å². The van der Waals surface area contributed by atoms with Crippen LogP contribution in [0.4, 0.5) is 5.69 Å². The summed E-state index contributed by atoms with van der Waals surface area (Å²) in [7, 11) is -3.42. The number of nitrogens with zero attached hydrogens (tertiary/aromatic N) is 1. The molecule has 2 aromatic carbocycles. The molecule has 1 amide bonds. The zero-order valence-corrected chi connectivity index (χ0v) is 18.0. The third kappa shape index (κ3) is 5.83. The van der Waals surface area contributed by atoms with Crippen molar-refractivity contribution < 1.29 is 13.2 Å². The second-order valence-electron chi connectivity index (χ2n) is 7.79. The van der Waals surface area contributed by atoms with Gasteiger partial charge in [-0.3, -0.25) is 9.10 Å². The van der Waals surface area contributed by atoms with Crippen LogP contribution < -0.4 is 9.62 Å². The molecule has 0 saturated heterocycles. The Kier molecular flexibility index (Phi) is 7.24. The molecule has 2 rings (SSSR count). The molecule has 0 aliphatic carbocycles. The number of para-hydroxylation sites is 1. The fourth-order valence-corrected chi connectivity index (χ4v) is 4.15. The van der Waals surface area contributed by atoms with Gasteiger partial charge >= 0.3 is 0 Å². The lowest BCUT2D eigenvalue weighted by atomic mass is 9.93. The van der Waals surface area contributed by atoms with Gasteiger partial charge in [0.05, 0.1) is 18.5 Å². The van der Waals surface area contributed by atoms with Gasteiger partial charge in [-0.05, 0) is 41.7 Å². The van der Waals surface area contributed by atoms with Crippen molar-refractivity contribution in [3.8, 4) is 0 Å². The molecule has 0 radical (unpaired) electrons. The first-order chi connectivity index (χ1) is 13.1. The molecule has 0 bridgehead atoms. The Morgan fingerprint density at radius 3 is 1.93 bits per heavy atom. The lowest BCUT2D eigenvalue weighted by molar-refractivity contribution is 0.0910. The minimum atomic E-state index is -3.42. The second-order valence-corrected chi connectivity index (χ2v) is 9.70. The van der Waals surface area contributed by atoms with Gasteiger partial charge in [-0.2, -0.15) is 0 Å². The maximum absolute atomic E-state index is 12.6. The number of hydrogen-bond acceptors (Lipinski definition) is 3. The Morgan fingerprint density at radius 2 is 1.46 bits per heavy atom. The van der Waals surface area contributed by atoms with Crippen molar-refractivity contribution in [2.24, 2.45) is 11.8 Å². The number of benzene rings is 2. The van der Waals surface area contributed by atoms with Crippen molar-refractivity contribution in [1.29, 1.82) is 0 Å². The fourth-order valence-electron chi connectivity index (χ4n) is 3.26. The van der Waals surface area contributed by atoms with Crippen LogP contribution in [0.3, 0.4) is 0 Å². The second kappa shape index (κ2) is 9.24. The van der Waals surface area contributed by atoms with Crippen LogP contribution in [-0.4, -0.2) is 26.6 Å². The highest BCUT2D eigenvalue weighted by Crippen LogP contribution is 2.20. The van der Waals surface area contributed by atoms with Gasteiger partial charge in [-0.25, -0.2) is 8.42 Å². The lowest BCUT2D eigenvalue weighted by Crippen LogP contribution is -2.42. The summed E-state index contributed by atoms with van der Waals surface area (Å²) < 4.78 is 25.8. The number of carbonyl (C=O) groups is 1. The SMILES string of the molecule is CC(C)C(NC(=O)c1ccc(CN(c2ccccc2)S(C)(=O)=O)cc1)C(C)C. The summed E-state index contributed by atoms with van der Waals surface area (Å²) in [6.07, 6.45) is 1.19. The van der Waals surface area contributed by atoms with Crippen LogP contribution in [-0.2, 0) is 16.6 Å². The number of nitrogens with one attached hydrogen (secondary N) is 1. The summed E-state index contributed by atoms with van der Waals surface area (Å²) in [6, 6.07) is 16.2. The fraction of sp³-hybridized carbons (Fsp3) is 0.409. The number of amides is 1. The molecule has 0 fully saturated rings. The van der Waals surface area contributed by atoms with E-state index in [1.165, 1.54) is 10.6 Å². The molecule has 0 unspecified atom stereocenters. The highest BCUT2D eigenvalue weighted by Gasteiger charge is 2.21. The molecule has 1 N–H and O–H groups in total. The Morgan fingerprint density at radius 1 is 0.929 bits per heavy atom. The molecule has 0 aromatic heterocycles. The van der Waals surface area contributed by atoms with Crippen LogP contribution in [0, 0.1) is 11.8 Å². The van der Waals surface area contributed by atoms with E-state index in [9.17, 15) is 13.2 Å². The van der Waals surface area contributed by atoms with E-state index in [2.05, 4.69) is 33.0 Å². The number of anilines is 1. The van der Waals surface area contributed by atoms with Crippen LogP contribution in [0.25, 0.3) is 0 Å². The third-order valence-electron chi connectivity index (χ3n) is 4.72. The van der Waals surface area contributed by atoms with Gasteiger partial charge in [0.1, 0.15) is 0 Å². The minimum Gasteiger partial charge on any atom is -0.349 e. The van der Waals surface area contributed by atoms with Crippen LogP contribution in [0.1, 0.15) is 43.6 Å². The van der Waals surface area contributed by atoms with E-state index in [1.54, 1.807) is 48.5 Å². The van der Waals surface area contributed by atoms with E-state index in [1.807, 2.05) is 6.07 Å². The highest BCUT2D eigenvalue weighted by atomic mass is 32.2. The normalized spacial score (nSPS) is 11.9. The maximum Gasteiger partial charge on any atom is 0.251 e. The van der Waals surface area contributed by atoms with E-state index in [-0.39, 0.29) is 18.5 Å². The summed E-state index contributed by atoms with van der Waals surface area (Å²) in [5.41, 5.74) is 2.00. The minimum absolute atomic E-state index is 0.103. The van der Waals surface area contributed by atoms with Gasteiger partial charge in [0.2, 0.25) is 10.0 Å². The van der Waals surface area contributed by atoms with E-state index in [4.69, 9.17) is 0 Å². The molecule has 6 heteroatoms. The predicted octanol–water partition coefficient (Wildman–Crippen LogP) is 4.06. The van der Waals surface area contributed by atoms with E-state index in [0.29, 0.717) is 23.1 Å². The summed E-state index contributed by atoms with van der Waals surface area (Å²) >= 11 is 0. The Balaban J connectivity index is 2.16. The van der Waals surface area contributed by atoms with Crippen LogP contribution >= 0.6 is 0 Å². The molecule has 0 heterocycles. The topological polar surface area (TPSA) is 66.5 Å². The quantitative estimate of drug-likeness (QED) is 0.724. The summed E-state index contributed by atoms with van der Waals surface area (Å²) in [6.45, 7) is 8.59. The molecule has 0 aliphatic rings. The van der Waals surface area contributed by atoms with E-state index >= 15 is 0 Å². The van der Waals surface area contributed by atoms with Crippen molar-refractivity contribution in [2.75, 3.05) is 10.6 Å². The predicted molar refractivity (Wildman–Crippen MR) is 115 cm³/mol. The molecule has 5 nitrogen and oxygen atoms in total. The van der Waals surface area contributed by atoms with E-state index in [0.717, 1.165) is 5.56 Å². The zero-order valence-electron chi connectivity index (χ0n) is 17.2. The summed E-state index contributed by atoms with van der Waals surface area (Å²) in [4.78, 5) is 12.6. The first-order valence-corrected chi connectivity index (χ1v) is 11.4.